The van der Waals surface area contributed by atoms with Crippen LogP contribution in [-0.2, 0) is 6.18 Å². The Morgan fingerprint density at radius 3 is 2.55 bits per heavy atom. The van der Waals surface area contributed by atoms with Gasteiger partial charge in [0.05, 0.1) is 11.6 Å². The van der Waals surface area contributed by atoms with Gasteiger partial charge in [-0.25, -0.2) is 5.43 Å². The number of alkyl halides is 3. The van der Waals surface area contributed by atoms with Crippen LogP contribution >= 0.6 is 0 Å². The molecular formula is C15H21F3N4. The number of nitrogens with zero attached hydrogens (tertiary/aromatic N) is 1. The summed E-state index contributed by atoms with van der Waals surface area (Å²) >= 11 is 0. The van der Waals surface area contributed by atoms with Gasteiger partial charge in [-0.3, -0.25) is 5.43 Å². The molecule has 1 aromatic carbocycles. The van der Waals surface area contributed by atoms with E-state index in [1.165, 1.54) is 0 Å². The average Bonchev–Trinajstić information content (AvgIpc) is 3.08. The fourth-order valence-electron chi connectivity index (χ4n) is 3.30. The standard InChI is InChI=1S/C15H21F3N4/c16-15(17,18)12-3-1-10(2-4-12)14-11(7-20-21-14)8-22-6-5-13(19)9-22/h1-4,11,13-14,20-21H,5-9,19H2. The molecule has 2 aliphatic heterocycles. The zero-order chi connectivity index (χ0) is 15.7. The molecule has 22 heavy (non-hydrogen) atoms. The zero-order valence-corrected chi connectivity index (χ0v) is 12.2. The Hall–Kier alpha value is -1.15. The Labute approximate surface area is 127 Å². The van der Waals surface area contributed by atoms with E-state index in [-0.39, 0.29) is 12.1 Å². The van der Waals surface area contributed by atoms with Crippen LogP contribution in [0.1, 0.15) is 23.6 Å². The number of benzene rings is 1. The van der Waals surface area contributed by atoms with Gasteiger partial charge in [-0.05, 0) is 30.7 Å². The Morgan fingerprint density at radius 2 is 1.95 bits per heavy atom. The number of rotatable bonds is 3. The van der Waals surface area contributed by atoms with Gasteiger partial charge in [-0.1, -0.05) is 12.1 Å². The molecule has 0 aliphatic carbocycles. The highest BCUT2D eigenvalue weighted by Gasteiger charge is 2.33. The van der Waals surface area contributed by atoms with Crippen LogP contribution in [-0.4, -0.2) is 37.1 Å². The first-order chi connectivity index (χ1) is 10.4. The van der Waals surface area contributed by atoms with E-state index in [4.69, 9.17) is 5.73 Å². The second-order valence-electron chi connectivity index (χ2n) is 6.19. The first-order valence-electron chi connectivity index (χ1n) is 7.57. The lowest BCUT2D eigenvalue weighted by Crippen LogP contribution is -2.33. The minimum absolute atomic E-state index is 0.0270. The molecule has 3 rings (SSSR count). The number of hydrogen-bond donors (Lipinski definition) is 3. The monoisotopic (exact) mass is 314 g/mol. The van der Waals surface area contributed by atoms with Gasteiger partial charge in [-0.15, -0.1) is 0 Å². The molecule has 7 heteroatoms. The molecule has 2 saturated heterocycles. The maximum absolute atomic E-state index is 12.6. The van der Waals surface area contributed by atoms with Crippen LogP contribution in [0.15, 0.2) is 24.3 Å². The van der Waals surface area contributed by atoms with Crippen molar-refractivity contribution < 1.29 is 13.2 Å². The largest absolute Gasteiger partial charge is 0.416 e. The molecule has 122 valence electrons. The molecule has 2 fully saturated rings. The summed E-state index contributed by atoms with van der Waals surface area (Å²) < 4.78 is 37.9. The van der Waals surface area contributed by atoms with Crippen LogP contribution in [0.3, 0.4) is 0 Å². The first-order valence-corrected chi connectivity index (χ1v) is 7.57. The molecule has 0 spiro atoms. The van der Waals surface area contributed by atoms with Crippen LogP contribution in [0.2, 0.25) is 0 Å². The lowest BCUT2D eigenvalue weighted by Gasteiger charge is -2.24. The van der Waals surface area contributed by atoms with Crippen molar-refractivity contribution in [1.29, 1.82) is 0 Å². The lowest BCUT2D eigenvalue weighted by molar-refractivity contribution is -0.137. The Balaban J connectivity index is 1.67. The highest BCUT2D eigenvalue weighted by Crippen LogP contribution is 2.32. The summed E-state index contributed by atoms with van der Waals surface area (Å²) in [4.78, 5) is 2.33. The number of hydrazine groups is 1. The Kier molecular flexibility index (Phi) is 4.40. The van der Waals surface area contributed by atoms with E-state index in [9.17, 15) is 13.2 Å². The van der Waals surface area contributed by atoms with Crippen molar-refractivity contribution in [3.8, 4) is 0 Å². The summed E-state index contributed by atoms with van der Waals surface area (Å²) in [7, 11) is 0. The lowest BCUT2D eigenvalue weighted by atomic mass is 9.94. The predicted molar refractivity (Wildman–Crippen MR) is 77.8 cm³/mol. The third-order valence-electron chi connectivity index (χ3n) is 4.49. The van der Waals surface area contributed by atoms with Crippen LogP contribution in [0.5, 0.6) is 0 Å². The summed E-state index contributed by atoms with van der Waals surface area (Å²) in [6, 6.07) is 5.70. The predicted octanol–water partition coefficient (Wildman–Crippen LogP) is 1.50. The van der Waals surface area contributed by atoms with Crippen LogP contribution in [0.4, 0.5) is 13.2 Å². The number of nitrogens with two attached hydrogens (primary N) is 1. The van der Waals surface area contributed by atoms with Gasteiger partial charge < -0.3 is 10.6 Å². The molecular weight excluding hydrogens is 293 g/mol. The molecule has 2 heterocycles. The van der Waals surface area contributed by atoms with Gasteiger partial charge in [0.2, 0.25) is 0 Å². The smallest absolute Gasteiger partial charge is 0.326 e. The van der Waals surface area contributed by atoms with E-state index in [0.717, 1.165) is 50.3 Å². The molecule has 0 bridgehead atoms. The van der Waals surface area contributed by atoms with Gasteiger partial charge >= 0.3 is 6.18 Å². The van der Waals surface area contributed by atoms with Crippen molar-refractivity contribution in [2.75, 3.05) is 26.2 Å². The quantitative estimate of drug-likeness (QED) is 0.791. The van der Waals surface area contributed by atoms with Crippen LogP contribution in [0, 0.1) is 5.92 Å². The van der Waals surface area contributed by atoms with E-state index in [1.807, 2.05) is 0 Å². The van der Waals surface area contributed by atoms with E-state index < -0.39 is 11.7 Å². The highest BCUT2D eigenvalue weighted by atomic mass is 19.4. The van der Waals surface area contributed by atoms with Crippen molar-refractivity contribution in [1.82, 2.24) is 15.8 Å². The van der Waals surface area contributed by atoms with Crippen LogP contribution < -0.4 is 16.6 Å². The van der Waals surface area contributed by atoms with Crippen molar-refractivity contribution in [3.63, 3.8) is 0 Å². The number of likely N-dealkylation sites (tertiary alicyclic amines) is 1. The molecule has 3 atom stereocenters. The molecule has 0 saturated carbocycles. The van der Waals surface area contributed by atoms with E-state index in [2.05, 4.69) is 15.8 Å². The molecule has 1 aromatic rings. The topological polar surface area (TPSA) is 53.3 Å². The molecule has 0 amide bonds. The number of nitrogens with one attached hydrogen (secondary N) is 2. The van der Waals surface area contributed by atoms with Gasteiger partial charge in [-0.2, -0.15) is 13.2 Å². The molecule has 4 N–H and O–H groups in total. The Bertz CT molecular complexity index is 503. The highest BCUT2D eigenvalue weighted by molar-refractivity contribution is 5.27. The number of halogens is 3. The normalized spacial score (nSPS) is 30.1. The zero-order valence-electron chi connectivity index (χ0n) is 12.2. The SMILES string of the molecule is NC1CCN(CC2CNNC2c2ccc(C(F)(F)F)cc2)C1. The van der Waals surface area contributed by atoms with E-state index >= 15 is 0 Å². The van der Waals surface area contributed by atoms with E-state index in [0.29, 0.717) is 5.92 Å². The minimum Gasteiger partial charge on any atom is -0.326 e. The van der Waals surface area contributed by atoms with E-state index in [1.54, 1.807) is 12.1 Å². The summed E-state index contributed by atoms with van der Waals surface area (Å²) in [6.07, 6.45) is -3.27. The Morgan fingerprint density at radius 1 is 1.23 bits per heavy atom. The summed E-state index contributed by atoms with van der Waals surface area (Å²) in [5, 5.41) is 0. The minimum atomic E-state index is -4.29. The number of hydrogen-bond acceptors (Lipinski definition) is 4. The molecule has 4 nitrogen and oxygen atoms in total. The molecule has 2 aliphatic rings. The van der Waals surface area contributed by atoms with Crippen molar-refractivity contribution in [2.24, 2.45) is 11.7 Å². The van der Waals surface area contributed by atoms with Crippen molar-refractivity contribution >= 4 is 0 Å². The van der Waals surface area contributed by atoms with Crippen molar-refractivity contribution in [2.45, 2.75) is 24.7 Å². The fourth-order valence-corrected chi connectivity index (χ4v) is 3.30. The summed E-state index contributed by atoms with van der Waals surface area (Å²) in [5.74, 6) is 0.321. The second kappa shape index (κ2) is 6.16. The van der Waals surface area contributed by atoms with Gasteiger partial charge in [0.25, 0.3) is 0 Å². The molecule has 0 aromatic heterocycles. The van der Waals surface area contributed by atoms with Gasteiger partial charge in [0.15, 0.2) is 0 Å². The maximum atomic E-state index is 12.6. The molecule has 3 unspecified atom stereocenters. The van der Waals surface area contributed by atoms with Crippen LogP contribution in [0.25, 0.3) is 0 Å². The fraction of sp³-hybridized carbons (Fsp3) is 0.600. The summed E-state index contributed by atoms with van der Waals surface area (Å²) in [5.41, 5.74) is 12.5. The van der Waals surface area contributed by atoms with Gasteiger partial charge in [0, 0.05) is 31.6 Å². The third-order valence-corrected chi connectivity index (χ3v) is 4.49. The third kappa shape index (κ3) is 3.43. The first kappa shape index (κ1) is 15.7. The second-order valence-corrected chi connectivity index (χ2v) is 6.19. The maximum Gasteiger partial charge on any atom is 0.416 e. The van der Waals surface area contributed by atoms with Crippen molar-refractivity contribution in [3.05, 3.63) is 35.4 Å². The van der Waals surface area contributed by atoms with Gasteiger partial charge in [0.1, 0.15) is 0 Å². The summed E-state index contributed by atoms with van der Waals surface area (Å²) in [6.45, 7) is 3.60. The average molecular weight is 314 g/mol. The molecule has 0 radical (unpaired) electrons.